The summed E-state index contributed by atoms with van der Waals surface area (Å²) in [5.74, 6) is 0.756. The van der Waals surface area contributed by atoms with Gasteiger partial charge in [0.05, 0.1) is 4.87 Å². The number of thioether (sulfide) groups is 1. The quantitative estimate of drug-likeness (QED) is 0.699. The predicted molar refractivity (Wildman–Crippen MR) is 57.4 cm³/mol. The van der Waals surface area contributed by atoms with Crippen molar-refractivity contribution in [3.8, 4) is 0 Å². The van der Waals surface area contributed by atoms with E-state index < -0.39 is 5.97 Å². The highest BCUT2D eigenvalue weighted by Crippen LogP contribution is 2.44. The van der Waals surface area contributed by atoms with Crippen LogP contribution >= 0.6 is 11.8 Å². The zero-order valence-electron chi connectivity index (χ0n) is 8.45. The molecule has 0 aromatic rings. The second kappa shape index (κ2) is 3.74. The van der Waals surface area contributed by atoms with E-state index in [-0.39, 0.29) is 10.9 Å². The Morgan fingerprint density at radius 2 is 2.43 bits per heavy atom. The Balaban J connectivity index is 2.01. The summed E-state index contributed by atoms with van der Waals surface area (Å²) in [6, 6.07) is -0.328. The number of nitrogens with one attached hydrogen (secondary N) is 1. The summed E-state index contributed by atoms with van der Waals surface area (Å²) in [4.78, 5) is 10.9. The summed E-state index contributed by atoms with van der Waals surface area (Å²) >= 11 is 1.81. The molecule has 2 unspecified atom stereocenters. The van der Waals surface area contributed by atoms with Crippen molar-refractivity contribution in [1.29, 1.82) is 0 Å². The molecule has 0 aromatic carbocycles. The Morgan fingerprint density at radius 1 is 1.64 bits per heavy atom. The monoisotopic (exact) mass is 215 g/mol. The maximum atomic E-state index is 10.8. The van der Waals surface area contributed by atoms with Gasteiger partial charge in [0.15, 0.2) is 0 Å². The van der Waals surface area contributed by atoms with Crippen molar-refractivity contribution in [2.75, 3.05) is 5.75 Å². The van der Waals surface area contributed by atoms with Crippen molar-refractivity contribution in [3.05, 3.63) is 0 Å². The van der Waals surface area contributed by atoms with Gasteiger partial charge in [-0.3, -0.25) is 10.1 Å². The molecule has 2 N–H and O–H groups in total. The molecule has 1 aliphatic carbocycles. The van der Waals surface area contributed by atoms with E-state index in [1.165, 1.54) is 12.8 Å². The Kier molecular flexibility index (Phi) is 2.75. The SMILES string of the molecule is CC1CCCC2(C1)N[C@@H](C(=O)O)CS2. The second-order valence-electron chi connectivity index (χ2n) is 4.54. The van der Waals surface area contributed by atoms with Gasteiger partial charge in [-0.1, -0.05) is 19.8 Å². The normalized spacial score (nSPS) is 42.9. The van der Waals surface area contributed by atoms with Crippen LogP contribution in [0, 0.1) is 5.92 Å². The van der Waals surface area contributed by atoms with Gasteiger partial charge in [0.2, 0.25) is 0 Å². The number of carboxylic acid groups (broad SMARTS) is 1. The average molecular weight is 215 g/mol. The first kappa shape index (κ1) is 10.3. The molecule has 0 bridgehead atoms. The smallest absolute Gasteiger partial charge is 0.321 e. The first-order valence-electron chi connectivity index (χ1n) is 5.26. The zero-order valence-corrected chi connectivity index (χ0v) is 9.27. The fourth-order valence-corrected chi connectivity index (χ4v) is 4.17. The van der Waals surface area contributed by atoms with Gasteiger partial charge in [-0.25, -0.2) is 0 Å². The number of rotatable bonds is 1. The topological polar surface area (TPSA) is 49.3 Å². The summed E-state index contributed by atoms with van der Waals surface area (Å²) in [5, 5.41) is 12.2. The Hall–Kier alpha value is -0.220. The minimum atomic E-state index is -0.701. The lowest BCUT2D eigenvalue weighted by molar-refractivity contribution is -0.139. The van der Waals surface area contributed by atoms with Crippen LogP contribution in [0.2, 0.25) is 0 Å². The highest BCUT2D eigenvalue weighted by Gasteiger charge is 2.43. The molecule has 1 aliphatic heterocycles. The highest BCUT2D eigenvalue weighted by atomic mass is 32.2. The van der Waals surface area contributed by atoms with E-state index >= 15 is 0 Å². The molecule has 80 valence electrons. The van der Waals surface area contributed by atoms with Gasteiger partial charge in [0.1, 0.15) is 6.04 Å². The fourth-order valence-electron chi connectivity index (χ4n) is 2.54. The van der Waals surface area contributed by atoms with Crippen LogP contribution in [-0.4, -0.2) is 27.7 Å². The van der Waals surface area contributed by atoms with Gasteiger partial charge >= 0.3 is 5.97 Å². The summed E-state index contributed by atoms with van der Waals surface area (Å²) in [6.45, 7) is 2.26. The van der Waals surface area contributed by atoms with E-state index in [0.717, 1.165) is 24.5 Å². The third-order valence-electron chi connectivity index (χ3n) is 3.22. The van der Waals surface area contributed by atoms with Crippen LogP contribution in [0.3, 0.4) is 0 Å². The van der Waals surface area contributed by atoms with Crippen LogP contribution in [0.25, 0.3) is 0 Å². The molecule has 2 rings (SSSR count). The molecule has 3 nitrogen and oxygen atoms in total. The number of aliphatic carboxylic acids is 1. The fraction of sp³-hybridized carbons (Fsp3) is 0.900. The summed E-state index contributed by atoms with van der Waals surface area (Å²) in [6.07, 6.45) is 4.78. The molecule has 1 heterocycles. The molecule has 2 fully saturated rings. The summed E-state index contributed by atoms with van der Waals surface area (Å²) in [7, 11) is 0. The minimum Gasteiger partial charge on any atom is -0.480 e. The predicted octanol–water partition coefficient (Wildman–Crippen LogP) is 1.68. The molecular weight excluding hydrogens is 198 g/mol. The van der Waals surface area contributed by atoms with Gasteiger partial charge < -0.3 is 5.11 Å². The summed E-state index contributed by atoms with van der Waals surface area (Å²) < 4.78 is 0. The van der Waals surface area contributed by atoms with E-state index in [2.05, 4.69) is 12.2 Å². The third-order valence-corrected chi connectivity index (χ3v) is 4.76. The number of hydrogen-bond donors (Lipinski definition) is 2. The standard InChI is InChI=1S/C10H17NO2S/c1-7-3-2-4-10(5-7)11-8(6-14-10)9(12)13/h7-8,11H,2-6H2,1H3,(H,12,13)/t7?,8-,10?/m1/s1. The van der Waals surface area contributed by atoms with Crippen molar-refractivity contribution in [2.45, 2.75) is 43.5 Å². The van der Waals surface area contributed by atoms with Crippen LogP contribution in [0.4, 0.5) is 0 Å². The second-order valence-corrected chi connectivity index (χ2v) is 5.95. The van der Waals surface area contributed by atoms with Crippen LogP contribution < -0.4 is 5.32 Å². The molecule has 3 atom stereocenters. The lowest BCUT2D eigenvalue weighted by Crippen LogP contribution is -2.47. The maximum Gasteiger partial charge on any atom is 0.321 e. The molecule has 0 radical (unpaired) electrons. The van der Waals surface area contributed by atoms with Gasteiger partial charge in [-0.2, -0.15) is 0 Å². The maximum absolute atomic E-state index is 10.8. The van der Waals surface area contributed by atoms with E-state index in [0.29, 0.717) is 0 Å². The van der Waals surface area contributed by atoms with Crippen molar-refractivity contribution < 1.29 is 9.90 Å². The Labute approximate surface area is 88.6 Å². The largest absolute Gasteiger partial charge is 0.480 e. The molecule has 0 aromatic heterocycles. The van der Waals surface area contributed by atoms with Crippen molar-refractivity contribution >= 4 is 17.7 Å². The van der Waals surface area contributed by atoms with Crippen LogP contribution in [0.15, 0.2) is 0 Å². The summed E-state index contributed by atoms with van der Waals surface area (Å²) in [5.41, 5.74) is 0. The highest BCUT2D eigenvalue weighted by molar-refractivity contribution is 8.00. The van der Waals surface area contributed by atoms with Crippen molar-refractivity contribution in [1.82, 2.24) is 5.32 Å². The molecule has 1 saturated carbocycles. The van der Waals surface area contributed by atoms with E-state index in [4.69, 9.17) is 5.11 Å². The molecule has 0 amide bonds. The molecule has 2 aliphatic rings. The number of hydrogen-bond acceptors (Lipinski definition) is 3. The van der Waals surface area contributed by atoms with E-state index in [9.17, 15) is 4.79 Å². The van der Waals surface area contributed by atoms with Crippen LogP contribution in [0.5, 0.6) is 0 Å². The van der Waals surface area contributed by atoms with Gasteiger partial charge in [-0.15, -0.1) is 11.8 Å². The molecule has 14 heavy (non-hydrogen) atoms. The zero-order chi connectivity index (χ0) is 10.2. The van der Waals surface area contributed by atoms with E-state index in [1.807, 2.05) is 11.8 Å². The van der Waals surface area contributed by atoms with Gasteiger partial charge in [-0.05, 0) is 18.8 Å². The Morgan fingerprint density at radius 3 is 3.00 bits per heavy atom. The first-order valence-corrected chi connectivity index (χ1v) is 6.24. The van der Waals surface area contributed by atoms with Crippen molar-refractivity contribution in [2.24, 2.45) is 5.92 Å². The van der Waals surface area contributed by atoms with E-state index in [1.54, 1.807) is 0 Å². The first-order chi connectivity index (χ1) is 6.61. The van der Waals surface area contributed by atoms with Gasteiger partial charge in [0.25, 0.3) is 0 Å². The lowest BCUT2D eigenvalue weighted by Gasteiger charge is -2.36. The van der Waals surface area contributed by atoms with Gasteiger partial charge in [0, 0.05) is 5.75 Å². The van der Waals surface area contributed by atoms with Crippen molar-refractivity contribution in [3.63, 3.8) is 0 Å². The molecule has 1 saturated heterocycles. The number of carbonyl (C=O) groups is 1. The van der Waals surface area contributed by atoms with Crippen LogP contribution in [0.1, 0.15) is 32.6 Å². The average Bonchev–Trinajstić information content (AvgIpc) is 2.49. The van der Waals surface area contributed by atoms with Crippen LogP contribution in [-0.2, 0) is 4.79 Å². The molecular formula is C10H17NO2S. The number of carboxylic acids is 1. The minimum absolute atomic E-state index is 0.0841. The Bertz CT molecular complexity index is 246. The third kappa shape index (κ3) is 1.91. The molecule has 1 spiro atoms. The lowest BCUT2D eigenvalue weighted by atomic mass is 9.86. The molecule has 4 heteroatoms.